The largest absolute Gasteiger partial charge is 0.281 e. The fraction of sp³-hybridized carbons (Fsp3) is 0.111. The lowest BCUT2D eigenvalue weighted by Crippen LogP contribution is -2.29. The summed E-state index contributed by atoms with van der Waals surface area (Å²) >= 11 is 13.3. The van der Waals surface area contributed by atoms with Crippen molar-refractivity contribution >= 4 is 52.1 Å². The first kappa shape index (κ1) is 17.1. The molecule has 0 N–H and O–H groups in total. The Morgan fingerprint density at radius 2 is 1.62 bits per heavy atom. The maximum absolute atomic E-state index is 12.7. The summed E-state index contributed by atoms with van der Waals surface area (Å²) in [5.74, 6) is -0.107. The summed E-state index contributed by atoms with van der Waals surface area (Å²) in [7, 11) is 0. The van der Waals surface area contributed by atoms with E-state index in [2.05, 4.69) is 4.99 Å². The van der Waals surface area contributed by atoms with Crippen molar-refractivity contribution in [2.45, 2.75) is 6.54 Å². The van der Waals surface area contributed by atoms with Crippen LogP contribution in [0.5, 0.6) is 0 Å². The molecule has 0 unspecified atom stereocenters. The van der Waals surface area contributed by atoms with E-state index < -0.39 is 0 Å². The smallest absolute Gasteiger partial charge is 0.278 e. The first-order valence-electron chi connectivity index (χ1n) is 7.23. The molecule has 1 amide bonds. The van der Waals surface area contributed by atoms with Crippen LogP contribution in [0.15, 0.2) is 59.2 Å². The summed E-state index contributed by atoms with van der Waals surface area (Å²) in [6, 6.07) is 14.8. The van der Waals surface area contributed by atoms with E-state index >= 15 is 0 Å². The highest BCUT2D eigenvalue weighted by atomic mass is 35.5. The number of rotatable bonds is 3. The molecular formula is C18H14Cl2N2OS. The molecule has 0 saturated heterocycles. The van der Waals surface area contributed by atoms with Gasteiger partial charge in [0.2, 0.25) is 0 Å². The van der Waals surface area contributed by atoms with Gasteiger partial charge in [-0.05, 0) is 47.7 Å². The number of amides is 1. The van der Waals surface area contributed by atoms with Gasteiger partial charge in [-0.25, -0.2) is 4.99 Å². The van der Waals surface area contributed by atoms with Gasteiger partial charge in [0, 0.05) is 10.0 Å². The minimum atomic E-state index is -0.107. The zero-order valence-electron chi connectivity index (χ0n) is 12.9. The van der Waals surface area contributed by atoms with Crippen molar-refractivity contribution in [1.29, 1.82) is 0 Å². The van der Waals surface area contributed by atoms with Crippen LogP contribution in [0.1, 0.15) is 11.1 Å². The number of hydrogen-bond donors (Lipinski definition) is 0. The van der Waals surface area contributed by atoms with Gasteiger partial charge in [0.05, 0.1) is 6.54 Å². The Labute approximate surface area is 155 Å². The Morgan fingerprint density at radius 3 is 2.21 bits per heavy atom. The van der Waals surface area contributed by atoms with Gasteiger partial charge in [-0.15, -0.1) is 0 Å². The number of carbonyl (C=O) groups excluding carboxylic acids is 1. The molecule has 0 aliphatic carbocycles. The standard InChI is InChI=1S/C18H14Cl2N2OS/c1-24-18-21-16(10-12-2-6-14(19)7-3-12)17(23)22(18)11-13-4-8-15(20)9-5-13/h2-10H,11H2,1H3/b16-10-. The molecule has 3 rings (SSSR count). The molecule has 24 heavy (non-hydrogen) atoms. The third-order valence-electron chi connectivity index (χ3n) is 3.52. The quantitative estimate of drug-likeness (QED) is 0.698. The monoisotopic (exact) mass is 376 g/mol. The predicted octanol–water partition coefficient (Wildman–Crippen LogP) is 5.10. The highest BCUT2D eigenvalue weighted by Gasteiger charge is 2.29. The van der Waals surface area contributed by atoms with Crippen LogP contribution in [0.3, 0.4) is 0 Å². The van der Waals surface area contributed by atoms with Crippen LogP contribution in [-0.4, -0.2) is 22.2 Å². The second-order valence-electron chi connectivity index (χ2n) is 5.20. The summed E-state index contributed by atoms with van der Waals surface area (Å²) < 4.78 is 0. The van der Waals surface area contributed by atoms with Gasteiger partial charge in [-0.1, -0.05) is 59.2 Å². The highest BCUT2D eigenvalue weighted by Crippen LogP contribution is 2.25. The number of thioether (sulfide) groups is 1. The molecule has 0 bridgehead atoms. The maximum atomic E-state index is 12.7. The molecule has 6 heteroatoms. The van der Waals surface area contributed by atoms with Crippen LogP contribution in [-0.2, 0) is 11.3 Å². The summed E-state index contributed by atoms with van der Waals surface area (Å²) in [4.78, 5) is 18.8. The van der Waals surface area contributed by atoms with E-state index in [1.165, 1.54) is 11.8 Å². The Bertz CT molecular complexity index is 814. The molecule has 0 spiro atoms. The van der Waals surface area contributed by atoms with Crippen molar-refractivity contribution in [1.82, 2.24) is 4.90 Å². The van der Waals surface area contributed by atoms with Crippen molar-refractivity contribution in [3.8, 4) is 0 Å². The molecule has 0 atom stereocenters. The van der Waals surface area contributed by atoms with Crippen LogP contribution in [0.2, 0.25) is 10.0 Å². The molecule has 3 nitrogen and oxygen atoms in total. The van der Waals surface area contributed by atoms with Gasteiger partial charge in [0.1, 0.15) is 5.70 Å². The fourth-order valence-electron chi connectivity index (χ4n) is 2.31. The summed E-state index contributed by atoms with van der Waals surface area (Å²) in [6.07, 6.45) is 3.68. The lowest BCUT2D eigenvalue weighted by atomic mass is 10.2. The van der Waals surface area contributed by atoms with Crippen molar-refractivity contribution in [2.24, 2.45) is 4.99 Å². The topological polar surface area (TPSA) is 32.7 Å². The normalized spacial score (nSPS) is 16.0. The molecule has 0 aromatic heterocycles. The lowest BCUT2D eigenvalue weighted by Gasteiger charge is -2.16. The van der Waals surface area contributed by atoms with Crippen molar-refractivity contribution < 1.29 is 4.79 Å². The summed E-state index contributed by atoms with van der Waals surface area (Å²) in [5.41, 5.74) is 2.32. The Balaban J connectivity index is 1.84. The molecule has 2 aromatic rings. The van der Waals surface area contributed by atoms with E-state index in [1.807, 2.05) is 42.7 Å². The van der Waals surface area contributed by atoms with Crippen LogP contribution in [0.4, 0.5) is 0 Å². The SMILES string of the molecule is CSC1=N/C(=C\c2ccc(Cl)cc2)C(=O)N1Cc1ccc(Cl)cc1. The molecule has 1 heterocycles. The number of benzene rings is 2. The summed E-state index contributed by atoms with van der Waals surface area (Å²) in [5, 5.41) is 2.02. The Morgan fingerprint density at radius 1 is 1.04 bits per heavy atom. The van der Waals surface area contributed by atoms with E-state index in [0.717, 1.165) is 11.1 Å². The number of carbonyl (C=O) groups is 1. The molecule has 0 fully saturated rings. The molecule has 0 saturated carbocycles. The van der Waals surface area contributed by atoms with E-state index in [-0.39, 0.29) is 5.91 Å². The van der Waals surface area contributed by atoms with E-state index in [4.69, 9.17) is 23.2 Å². The molecule has 1 aliphatic rings. The van der Waals surface area contributed by atoms with E-state index in [9.17, 15) is 4.79 Å². The molecule has 122 valence electrons. The van der Waals surface area contributed by atoms with E-state index in [1.54, 1.807) is 23.1 Å². The minimum Gasteiger partial charge on any atom is -0.281 e. The predicted molar refractivity (Wildman–Crippen MR) is 102 cm³/mol. The highest BCUT2D eigenvalue weighted by molar-refractivity contribution is 8.13. The fourth-order valence-corrected chi connectivity index (χ4v) is 3.12. The van der Waals surface area contributed by atoms with Crippen molar-refractivity contribution in [3.63, 3.8) is 0 Å². The Kier molecular flexibility index (Phi) is 5.29. The van der Waals surface area contributed by atoms with Crippen LogP contribution >= 0.6 is 35.0 Å². The number of hydrogen-bond acceptors (Lipinski definition) is 3. The third-order valence-corrected chi connectivity index (χ3v) is 4.70. The number of aliphatic imine (C=N–C) groups is 1. The van der Waals surface area contributed by atoms with Gasteiger partial charge >= 0.3 is 0 Å². The Hall–Kier alpha value is -1.75. The molecular weight excluding hydrogens is 363 g/mol. The zero-order valence-corrected chi connectivity index (χ0v) is 15.2. The van der Waals surface area contributed by atoms with Crippen molar-refractivity contribution in [2.75, 3.05) is 6.26 Å². The zero-order chi connectivity index (χ0) is 17.1. The lowest BCUT2D eigenvalue weighted by molar-refractivity contribution is -0.122. The van der Waals surface area contributed by atoms with Gasteiger partial charge in [-0.3, -0.25) is 9.69 Å². The van der Waals surface area contributed by atoms with Gasteiger partial charge in [0.15, 0.2) is 5.17 Å². The second-order valence-corrected chi connectivity index (χ2v) is 6.84. The number of nitrogens with zero attached hydrogens (tertiary/aromatic N) is 2. The van der Waals surface area contributed by atoms with E-state index in [0.29, 0.717) is 27.5 Å². The third kappa shape index (κ3) is 3.83. The van der Waals surface area contributed by atoms with Crippen LogP contribution in [0.25, 0.3) is 6.08 Å². The second kappa shape index (κ2) is 7.43. The number of halogens is 2. The number of amidine groups is 1. The average molecular weight is 377 g/mol. The van der Waals surface area contributed by atoms with Gasteiger partial charge in [-0.2, -0.15) is 0 Å². The van der Waals surface area contributed by atoms with Crippen LogP contribution < -0.4 is 0 Å². The first-order chi connectivity index (χ1) is 11.6. The van der Waals surface area contributed by atoms with Crippen LogP contribution in [0, 0.1) is 0 Å². The van der Waals surface area contributed by atoms with Crippen molar-refractivity contribution in [3.05, 3.63) is 75.4 Å². The first-order valence-corrected chi connectivity index (χ1v) is 9.21. The van der Waals surface area contributed by atoms with Gasteiger partial charge in [0.25, 0.3) is 5.91 Å². The summed E-state index contributed by atoms with van der Waals surface area (Å²) in [6.45, 7) is 0.466. The molecule has 2 aromatic carbocycles. The average Bonchev–Trinajstić information content (AvgIpc) is 2.88. The minimum absolute atomic E-state index is 0.107. The maximum Gasteiger partial charge on any atom is 0.278 e. The molecule has 1 aliphatic heterocycles. The molecule has 0 radical (unpaired) electrons. The van der Waals surface area contributed by atoms with Gasteiger partial charge < -0.3 is 0 Å².